The van der Waals surface area contributed by atoms with Crippen LogP contribution in [-0.2, 0) is 25.0 Å². The molecule has 11 heteroatoms. The van der Waals surface area contributed by atoms with Crippen molar-refractivity contribution < 1.29 is 32.3 Å². The molecule has 2 fully saturated rings. The van der Waals surface area contributed by atoms with Crippen molar-refractivity contribution in [2.75, 3.05) is 29.7 Å². The van der Waals surface area contributed by atoms with E-state index in [4.69, 9.17) is 9.47 Å². The lowest BCUT2D eigenvalue weighted by Gasteiger charge is -2.30. The lowest BCUT2D eigenvalue weighted by atomic mass is 9.91. The number of ether oxygens (including phenoxy) is 2. The first-order chi connectivity index (χ1) is 16.2. The van der Waals surface area contributed by atoms with Crippen LogP contribution in [0.2, 0.25) is 0 Å². The topological polar surface area (TPSA) is 122 Å². The van der Waals surface area contributed by atoms with Crippen LogP contribution in [0.25, 0.3) is 0 Å². The Labute approximate surface area is 196 Å². The number of carbonyl (C=O) groups is 3. The number of hydrogen-bond acceptors (Lipinski definition) is 7. The SMILES string of the molecule is C[C@]1(c2ccc3c(c2)OCO3)NC(=O)N(CC(=O)N(c2ccccc2)[C@H]2CCS(=O)(=O)C2)C1=O. The summed E-state index contributed by atoms with van der Waals surface area (Å²) in [5, 5.41) is 2.68. The van der Waals surface area contributed by atoms with Crippen molar-refractivity contribution in [3.63, 3.8) is 0 Å². The first-order valence-corrected chi connectivity index (χ1v) is 12.6. The van der Waals surface area contributed by atoms with Gasteiger partial charge in [-0.2, -0.15) is 0 Å². The van der Waals surface area contributed by atoms with Gasteiger partial charge in [-0.1, -0.05) is 24.3 Å². The second-order valence-corrected chi connectivity index (χ2v) is 10.9. The minimum Gasteiger partial charge on any atom is -0.454 e. The molecule has 1 N–H and O–H groups in total. The first kappa shape index (κ1) is 22.2. The van der Waals surface area contributed by atoms with Gasteiger partial charge in [-0.3, -0.25) is 14.5 Å². The van der Waals surface area contributed by atoms with Gasteiger partial charge in [0.25, 0.3) is 5.91 Å². The van der Waals surface area contributed by atoms with Gasteiger partial charge in [0.2, 0.25) is 12.7 Å². The first-order valence-electron chi connectivity index (χ1n) is 10.8. The molecule has 0 saturated carbocycles. The third-order valence-electron chi connectivity index (χ3n) is 6.39. The van der Waals surface area contributed by atoms with Crippen molar-refractivity contribution in [1.82, 2.24) is 10.2 Å². The number of carbonyl (C=O) groups excluding carboxylic acids is 3. The average molecular weight is 486 g/mol. The van der Waals surface area contributed by atoms with E-state index in [-0.39, 0.29) is 24.7 Å². The third kappa shape index (κ3) is 3.75. The predicted octanol–water partition coefficient (Wildman–Crippen LogP) is 1.40. The molecule has 2 atom stereocenters. The lowest BCUT2D eigenvalue weighted by molar-refractivity contribution is -0.134. The van der Waals surface area contributed by atoms with Gasteiger partial charge >= 0.3 is 6.03 Å². The molecule has 2 aromatic rings. The van der Waals surface area contributed by atoms with Crippen molar-refractivity contribution in [3.8, 4) is 11.5 Å². The molecule has 3 aliphatic rings. The number of fused-ring (bicyclic) bond motifs is 1. The lowest BCUT2D eigenvalue weighted by Crippen LogP contribution is -2.48. The second-order valence-electron chi connectivity index (χ2n) is 8.67. The van der Waals surface area contributed by atoms with Crippen molar-refractivity contribution in [2.45, 2.75) is 24.9 Å². The molecule has 3 heterocycles. The minimum atomic E-state index is -3.27. The number of imide groups is 1. The Bertz CT molecular complexity index is 1280. The number of benzene rings is 2. The molecule has 0 radical (unpaired) electrons. The fraction of sp³-hybridized carbons (Fsp3) is 0.348. The molecule has 10 nitrogen and oxygen atoms in total. The summed E-state index contributed by atoms with van der Waals surface area (Å²) < 4.78 is 34.9. The summed E-state index contributed by atoms with van der Waals surface area (Å²) in [4.78, 5) is 41.8. The molecular formula is C23H23N3O7S. The molecule has 0 aliphatic carbocycles. The van der Waals surface area contributed by atoms with Crippen LogP contribution in [0.1, 0.15) is 18.9 Å². The van der Waals surface area contributed by atoms with Gasteiger partial charge in [0.15, 0.2) is 21.3 Å². The molecule has 2 aromatic carbocycles. The van der Waals surface area contributed by atoms with Crippen molar-refractivity contribution in [3.05, 3.63) is 54.1 Å². The number of nitrogens with one attached hydrogen (secondary N) is 1. The fourth-order valence-electron chi connectivity index (χ4n) is 4.58. The number of sulfone groups is 1. The van der Waals surface area contributed by atoms with Gasteiger partial charge in [0, 0.05) is 5.69 Å². The van der Waals surface area contributed by atoms with E-state index < -0.39 is 45.8 Å². The maximum atomic E-state index is 13.4. The summed E-state index contributed by atoms with van der Waals surface area (Å²) >= 11 is 0. The van der Waals surface area contributed by atoms with E-state index in [9.17, 15) is 22.8 Å². The average Bonchev–Trinajstić information content (AvgIpc) is 3.47. The van der Waals surface area contributed by atoms with Crippen LogP contribution in [0.3, 0.4) is 0 Å². The Morgan fingerprint density at radius 3 is 2.59 bits per heavy atom. The molecule has 0 unspecified atom stereocenters. The van der Waals surface area contributed by atoms with Crippen LogP contribution >= 0.6 is 0 Å². The van der Waals surface area contributed by atoms with Crippen LogP contribution in [0.5, 0.6) is 11.5 Å². The molecule has 178 valence electrons. The van der Waals surface area contributed by atoms with Gasteiger partial charge in [-0.05, 0) is 43.2 Å². The van der Waals surface area contributed by atoms with Gasteiger partial charge in [0.05, 0.1) is 17.5 Å². The largest absolute Gasteiger partial charge is 0.454 e. The highest BCUT2D eigenvalue weighted by Crippen LogP contribution is 2.38. The molecule has 4 amide bonds. The quantitative estimate of drug-likeness (QED) is 0.635. The number of urea groups is 1. The van der Waals surface area contributed by atoms with Crippen LogP contribution in [0.4, 0.5) is 10.5 Å². The van der Waals surface area contributed by atoms with Gasteiger partial charge in [-0.15, -0.1) is 0 Å². The Balaban J connectivity index is 1.41. The zero-order chi connectivity index (χ0) is 24.1. The minimum absolute atomic E-state index is 0.0143. The predicted molar refractivity (Wildman–Crippen MR) is 121 cm³/mol. The van der Waals surface area contributed by atoms with E-state index >= 15 is 0 Å². The second kappa shape index (κ2) is 8.01. The van der Waals surface area contributed by atoms with E-state index in [0.717, 1.165) is 4.90 Å². The zero-order valence-corrected chi connectivity index (χ0v) is 19.2. The van der Waals surface area contributed by atoms with E-state index in [2.05, 4.69) is 5.32 Å². The Morgan fingerprint density at radius 1 is 1.15 bits per heavy atom. The van der Waals surface area contributed by atoms with Crippen LogP contribution in [0.15, 0.2) is 48.5 Å². The van der Waals surface area contributed by atoms with Gasteiger partial charge < -0.3 is 19.7 Å². The van der Waals surface area contributed by atoms with E-state index in [1.54, 1.807) is 55.5 Å². The highest BCUT2D eigenvalue weighted by atomic mass is 32.2. The highest BCUT2D eigenvalue weighted by molar-refractivity contribution is 7.91. The standard InChI is InChI=1S/C23H23N3O7S/c1-23(15-7-8-18-19(11-15)33-14-32-18)21(28)25(22(29)24-23)12-20(27)26(16-5-3-2-4-6-16)17-9-10-34(30,31)13-17/h2-8,11,17H,9-10,12-14H2,1H3,(H,24,29)/t17-,23+/m0/s1. The Kier molecular flexibility index (Phi) is 5.23. The molecular weight excluding hydrogens is 462 g/mol. The normalized spacial score (nSPS) is 24.9. The number of para-hydroxylation sites is 1. The summed E-state index contributed by atoms with van der Waals surface area (Å²) in [6.07, 6.45) is 0.290. The fourth-order valence-corrected chi connectivity index (χ4v) is 6.28. The molecule has 2 saturated heterocycles. The van der Waals surface area contributed by atoms with E-state index in [1.165, 1.54) is 4.90 Å². The van der Waals surface area contributed by atoms with E-state index in [0.29, 0.717) is 22.7 Å². The van der Waals surface area contributed by atoms with Crippen molar-refractivity contribution in [1.29, 1.82) is 0 Å². The Morgan fingerprint density at radius 2 is 1.88 bits per heavy atom. The number of amides is 4. The number of anilines is 1. The number of rotatable bonds is 5. The summed E-state index contributed by atoms with van der Waals surface area (Å²) in [6.45, 7) is 1.12. The Hall–Kier alpha value is -3.60. The van der Waals surface area contributed by atoms with Crippen molar-refractivity contribution >= 4 is 33.4 Å². The monoisotopic (exact) mass is 485 g/mol. The van der Waals surface area contributed by atoms with Crippen molar-refractivity contribution in [2.24, 2.45) is 0 Å². The van der Waals surface area contributed by atoms with Crippen LogP contribution < -0.4 is 19.7 Å². The summed E-state index contributed by atoms with van der Waals surface area (Å²) in [6, 6.07) is 12.3. The smallest absolute Gasteiger partial charge is 0.325 e. The van der Waals surface area contributed by atoms with E-state index in [1.807, 2.05) is 0 Å². The van der Waals surface area contributed by atoms with Gasteiger partial charge in [-0.25, -0.2) is 13.2 Å². The summed E-state index contributed by atoms with van der Waals surface area (Å²) in [5.41, 5.74) is -0.390. The van der Waals surface area contributed by atoms with Crippen LogP contribution in [0, 0.1) is 0 Å². The molecule has 0 aromatic heterocycles. The molecule has 5 rings (SSSR count). The number of hydrogen-bond donors (Lipinski definition) is 1. The van der Waals surface area contributed by atoms with Crippen LogP contribution in [-0.4, -0.2) is 62.0 Å². The van der Waals surface area contributed by atoms with Gasteiger partial charge in [0.1, 0.15) is 12.1 Å². The molecule has 3 aliphatic heterocycles. The summed E-state index contributed by atoms with van der Waals surface area (Å²) in [7, 11) is -3.27. The maximum absolute atomic E-state index is 13.4. The third-order valence-corrected chi connectivity index (χ3v) is 8.15. The molecule has 0 spiro atoms. The molecule has 0 bridgehead atoms. The molecule has 34 heavy (non-hydrogen) atoms. The number of nitrogens with zero attached hydrogens (tertiary/aromatic N) is 2. The summed E-state index contributed by atoms with van der Waals surface area (Å²) in [5.74, 6) is -0.292. The highest BCUT2D eigenvalue weighted by Gasteiger charge is 2.50. The zero-order valence-electron chi connectivity index (χ0n) is 18.4. The maximum Gasteiger partial charge on any atom is 0.325 e.